The molecule has 0 radical (unpaired) electrons. The van der Waals surface area contributed by atoms with E-state index in [-0.39, 0.29) is 38.7 Å². The van der Waals surface area contributed by atoms with Gasteiger partial charge in [0.1, 0.15) is 10.3 Å². The number of nitrogens with one attached hydrogen (secondary N) is 1. The van der Waals surface area contributed by atoms with E-state index in [0.29, 0.717) is 16.2 Å². The summed E-state index contributed by atoms with van der Waals surface area (Å²) < 4.78 is 1.70. The topological polar surface area (TPSA) is 80.1 Å². The van der Waals surface area contributed by atoms with Crippen molar-refractivity contribution in [2.45, 2.75) is 6.92 Å². The Morgan fingerprint density at radius 2 is 1.93 bits per heavy atom. The second-order valence-corrected chi connectivity index (χ2v) is 8.22. The van der Waals surface area contributed by atoms with Gasteiger partial charge in [0.25, 0.3) is 11.8 Å². The molecule has 1 N–H and O–H groups in total. The summed E-state index contributed by atoms with van der Waals surface area (Å²) in [4.78, 5) is 31.5. The van der Waals surface area contributed by atoms with E-state index in [1.807, 2.05) is 6.92 Å². The molecule has 2 heterocycles. The van der Waals surface area contributed by atoms with Crippen LogP contribution in [0.5, 0.6) is 0 Å². The highest BCUT2D eigenvalue weighted by atomic mass is 79.9. The lowest BCUT2D eigenvalue weighted by Crippen LogP contribution is -2.28. The van der Waals surface area contributed by atoms with Crippen molar-refractivity contribution < 1.29 is 9.59 Å². The monoisotopic (exact) mass is 529 g/mol. The van der Waals surface area contributed by atoms with Gasteiger partial charge < -0.3 is 10.2 Å². The fraction of sp³-hybridized carbons (Fsp3) is 0.158. The zero-order valence-electron chi connectivity index (χ0n) is 15.8. The molecule has 0 aliphatic carbocycles. The van der Waals surface area contributed by atoms with E-state index in [1.165, 1.54) is 34.0 Å². The molecule has 2 amide bonds. The summed E-state index contributed by atoms with van der Waals surface area (Å²) in [6, 6.07) is 7.71. The van der Waals surface area contributed by atoms with Crippen LogP contribution in [-0.2, 0) is 0 Å². The highest BCUT2D eigenvalue weighted by molar-refractivity contribution is 9.10. The van der Waals surface area contributed by atoms with Crippen LogP contribution >= 0.6 is 50.7 Å². The molecule has 30 heavy (non-hydrogen) atoms. The molecule has 0 bridgehead atoms. The molecular formula is C19H15BrCl3N5O2. The lowest BCUT2D eigenvalue weighted by atomic mass is 10.1. The molecular weight excluding hydrogens is 517 g/mol. The van der Waals surface area contributed by atoms with Gasteiger partial charge in [0.2, 0.25) is 0 Å². The Morgan fingerprint density at radius 1 is 1.20 bits per heavy atom. The van der Waals surface area contributed by atoms with Gasteiger partial charge in [-0.2, -0.15) is 5.10 Å². The number of halogens is 4. The summed E-state index contributed by atoms with van der Waals surface area (Å²) in [5.41, 5.74) is 0.453. The fourth-order valence-electron chi connectivity index (χ4n) is 2.60. The van der Waals surface area contributed by atoms with E-state index in [1.54, 1.807) is 19.2 Å². The van der Waals surface area contributed by atoms with Gasteiger partial charge in [-0.05, 0) is 47.1 Å². The van der Waals surface area contributed by atoms with E-state index < -0.39 is 5.91 Å². The van der Waals surface area contributed by atoms with Crippen LogP contribution < -0.4 is 5.32 Å². The molecule has 2 aromatic heterocycles. The number of aromatic nitrogens is 3. The maximum atomic E-state index is 13.1. The third-order valence-electron chi connectivity index (χ3n) is 4.20. The van der Waals surface area contributed by atoms with Crippen molar-refractivity contribution in [3.8, 4) is 5.82 Å². The van der Waals surface area contributed by atoms with Crippen LogP contribution in [0.25, 0.3) is 5.82 Å². The Balaban J connectivity index is 2.04. The van der Waals surface area contributed by atoms with Crippen LogP contribution in [0.15, 0.2) is 41.1 Å². The van der Waals surface area contributed by atoms with Gasteiger partial charge in [-0.1, -0.05) is 34.8 Å². The highest BCUT2D eigenvalue weighted by Gasteiger charge is 2.24. The van der Waals surface area contributed by atoms with Crippen LogP contribution in [0, 0.1) is 0 Å². The Labute approximate surface area is 196 Å². The minimum atomic E-state index is -0.563. The Hall–Kier alpha value is -2.13. The number of hydrogen-bond donors (Lipinski definition) is 1. The Morgan fingerprint density at radius 3 is 2.60 bits per heavy atom. The molecule has 0 unspecified atom stereocenters. The van der Waals surface area contributed by atoms with Gasteiger partial charge in [0, 0.05) is 30.9 Å². The zero-order chi connectivity index (χ0) is 22.0. The first-order valence-electron chi connectivity index (χ1n) is 8.65. The van der Waals surface area contributed by atoms with Crippen LogP contribution in [0.4, 0.5) is 5.69 Å². The van der Waals surface area contributed by atoms with E-state index in [0.717, 1.165) is 0 Å². The average Bonchev–Trinajstić information content (AvgIpc) is 3.10. The fourth-order valence-corrected chi connectivity index (χ4v) is 3.72. The van der Waals surface area contributed by atoms with Crippen LogP contribution in [0.3, 0.4) is 0 Å². The van der Waals surface area contributed by atoms with Gasteiger partial charge in [-0.3, -0.25) is 9.59 Å². The molecule has 0 spiro atoms. The summed E-state index contributed by atoms with van der Waals surface area (Å²) in [5, 5.41) is 7.65. The molecule has 7 nitrogen and oxygen atoms in total. The number of pyridine rings is 1. The van der Waals surface area contributed by atoms with Crippen molar-refractivity contribution in [2.24, 2.45) is 0 Å². The quantitative estimate of drug-likeness (QED) is 0.482. The van der Waals surface area contributed by atoms with E-state index in [4.69, 9.17) is 34.8 Å². The summed E-state index contributed by atoms with van der Waals surface area (Å²) in [6.45, 7) is 2.29. The van der Waals surface area contributed by atoms with Crippen LogP contribution in [0.1, 0.15) is 27.8 Å². The van der Waals surface area contributed by atoms with Gasteiger partial charge in [0.05, 0.1) is 21.3 Å². The summed E-state index contributed by atoms with van der Waals surface area (Å²) in [5.74, 6) is -0.619. The van der Waals surface area contributed by atoms with Crippen molar-refractivity contribution in [1.29, 1.82) is 0 Å². The zero-order valence-corrected chi connectivity index (χ0v) is 19.6. The largest absolute Gasteiger partial charge is 0.342 e. The maximum Gasteiger partial charge on any atom is 0.274 e. The van der Waals surface area contributed by atoms with Crippen molar-refractivity contribution in [2.75, 3.05) is 18.9 Å². The molecule has 0 atom stereocenters. The van der Waals surface area contributed by atoms with Gasteiger partial charge >= 0.3 is 0 Å². The maximum absolute atomic E-state index is 13.1. The number of carbonyl (C=O) groups is 2. The van der Waals surface area contributed by atoms with Crippen LogP contribution in [0.2, 0.25) is 15.1 Å². The molecule has 0 fully saturated rings. The minimum absolute atomic E-state index is 0.129. The predicted octanol–water partition coefficient (Wildman–Crippen LogP) is 5.33. The molecule has 0 saturated carbocycles. The number of carbonyl (C=O) groups excluding carboxylic acids is 2. The third kappa shape index (κ3) is 4.62. The van der Waals surface area contributed by atoms with Crippen molar-refractivity contribution >= 4 is 68.2 Å². The molecule has 0 aliphatic rings. The number of rotatable bonds is 5. The molecule has 0 saturated heterocycles. The number of amides is 2. The molecule has 1 aromatic carbocycles. The highest BCUT2D eigenvalue weighted by Crippen LogP contribution is 2.32. The van der Waals surface area contributed by atoms with E-state index in [2.05, 4.69) is 31.3 Å². The van der Waals surface area contributed by atoms with Crippen molar-refractivity contribution in [3.63, 3.8) is 0 Å². The molecule has 156 valence electrons. The Bertz CT molecular complexity index is 1140. The van der Waals surface area contributed by atoms with Gasteiger partial charge in [0.15, 0.2) is 5.82 Å². The number of anilines is 1. The normalized spacial score (nSPS) is 10.7. The first kappa shape index (κ1) is 22.6. The molecule has 3 aromatic rings. The Kier molecular flexibility index (Phi) is 7.02. The molecule has 11 heteroatoms. The lowest BCUT2D eigenvalue weighted by molar-refractivity contribution is 0.0803. The first-order chi connectivity index (χ1) is 14.2. The van der Waals surface area contributed by atoms with Crippen molar-refractivity contribution in [1.82, 2.24) is 19.7 Å². The lowest BCUT2D eigenvalue weighted by Gasteiger charge is -2.19. The SMILES string of the molecule is CCN(C)C(=O)c1cc(Cl)cc(Cl)c1NC(=O)c1cc(Br)nn1-c1ncccc1Cl. The smallest absolute Gasteiger partial charge is 0.274 e. The van der Waals surface area contributed by atoms with Crippen LogP contribution in [-0.4, -0.2) is 45.1 Å². The van der Waals surface area contributed by atoms with Gasteiger partial charge in [-0.15, -0.1) is 0 Å². The number of nitrogens with zero attached hydrogens (tertiary/aromatic N) is 4. The third-order valence-corrected chi connectivity index (χ3v) is 5.40. The summed E-state index contributed by atoms with van der Waals surface area (Å²) in [6.07, 6.45) is 1.53. The summed E-state index contributed by atoms with van der Waals surface area (Å²) in [7, 11) is 1.64. The van der Waals surface area contributed by atoms with E-state index >= 15 is 0 Å². The number of hydrogen-bond acceptors (Lipinski definition) is 4. The van der Waals surface area contributed by atoms with Gasteiger partial charge in [-0.25, -0.2) is 9.67 Å². The second kappa shape index (κ2) is 9.34. The molecule has 0 aliphatic heterocycles. The van der Waals surface area contributed by atoms with E-state index in [9.17, 15) is 9.59 Å². The number of benzene rings is 1. The van der Waals surface area contributed by atoms with Crippen molar-refractivity contribution in [3.05, 3.63) is 67.5 Å². The average molecular weight is 532 g/mol. The standard InChI is InChI=1S/C19H15BrCl3N5O2/c1-3-27(2)19(30)11-7-10(21)8-13(23)16(11)25-18(29)14-9-15(20)26-28(14)17-12(22)5-4-6-24-17/h4-9H,3H2,1-2H3,(H,25,29). The summed E-state index contributed by atoms with van der Waals surface area (Å²) >= 11 is 21.9. The molecule has 3 rings (SSSR count). The minimum Gasteiger partial charge on any atom is -0.342 e. The first-order valence-corrected chi connectivity index (χ1v) is 10.6. The second-order valence-electron chi connectivity index (χ2n) is 6.16. The predicted molar refractivity (Wildman–Crippen MR) is 121 cm³/mol.